The highest BCUT2D eigenvalue weighted by atomic mass is 32.2. The average molecular weight is 266 g/mol. The number of thioether (sulfide) groups is 1. The second-order valence-corrected chi connectivity index (χ2v) is 5.70. The highest BCUT2D eigenvalue weighted by molar-refractivity contribution is 8.00. The van der Waals surface area contributed by atoms with E-state index in [-0.39, 0.29) is 17.8 Å². The number of benzene rings is 1. The molecule has 5 heteroatoms. The molecule has 0 saturated heterocycles. The van der Waals surface area contributed by atoms with Crippen molar-refractivity contribution in [1.82, 2.24) is 0 Å². The van der Waals surface area contributed by atoms with Crippen LogP contribution in [-0.2, 0) is 4.79 Å². The van der Waals surface area contributed by atoms with Crippen LogP contribution in [-0.4, -0.2) is 29.4 Å². The Bertz CT molecular complexity index is 437. The molecule has 2 rings (SSSR count). The Labute approximate surface area is 111 Å². The number of hydrogen-bond donors (Lipinski definition) is 3. The van der Waals surface area contributed by atoms with Crippen LogP contribution in [0.5, 0.6) is 0 Å². The van der Waals surface area contributed by atoms with Crippen LogP contribution < -0.4 is 10.6 Å². The van der Waals surface area contributed by atoms with Gasteiger partial charge in [-0.05, 0) is 38.0 Å². The van der Waals surface area contributed by atoms with Gasteiger partial charge in [0.25, 0.3) is 0 Å². The van der Waals surface area contributed by atoms with Crippen molar-refractivity contribution in [1.29, 1.82) is 0 Å². The van der Waals surface area contributed by atoms with Gasteiger partial charge >= 0.3 is 0 Å². The summed E-state index contributed by atoms with van der Waals surface area (Å²) < 4.78 is 0. The number of aliphatic hydroxyl groups is 1. The van der Waals surface area contributed by atoms with Gasteiger partial charge in [-0.2, -0.15) is 0 Å². The summed E-state index contributed by atoms with van der Waals surface area (Å²) in [5.41, 5.74) is 1.89. The molecule has 0 radical (unpaired) electrons. The van der Waals surface area contributed by atoms with Crippen molar-refractivity contribution in [2.24, 2.45) is 0 Å². The molecule has 1 aliphatic heterocycles. The molecular weight excluding hydrogens is 248 g/mol. The van der Waals surface area contributed by atoms with Gasteiger partial charge < -0.3 is 15.7 Å². The van der Waals surface area contributed by atoms with Crippen LogP contribution in [0, 0.1) is 0 Å². The van der Waals surface area contributed by atoms with Crippen molar-refractivity contribution in [2.75, 3.05) is 23.8 Å². The number of rotatable bonds is 5. The molecule has 98 valence electrons. The molecule has 0 fully saturated rings. The minimum Gasteiger partial charge on any atom is -0.396 e. The fourth-order valence-electron chi connectivity index (χ4n) is 1.79. The molecule has 0 bridgehead atoms. The van der Waals surface area contributed by atoms with E-state index in [9.17, 15) is 4.79 Å². The number of hydrogen-bond acceptors (Lipinski definition) is 4. The van der Waals surface area contributed by atoms with E-state index in [2.05, 4.69) is 10.6 Å². The summed E-state index contributed by atoms with van der Waals surface area (Å²) in [6, 6.07) is 6.02. The SMILES string of the molecule is CC1Sc2ccc(NCCCCO)cc2NC1=O. The number of carbonyl (C=O) groups is 1. The number of nitrogens with one attached hydrogen (secondary N) is 2. The summed E-state index contributed by atoms with van der Waals surface area (Å²) in [5, 5.41) is 14.9. The smallest absolute Gasteiger partial charge is 0.237 e. The Morgan fingerprint density at radius 1 is 1.44 bits per heavy atom. The monoisotopic (exact) mass is 266 g/mol. The topological polar surface area (TPSA) is 61.4 Å². The van der Waals surface area contributed by atoms with Gasteiger partial charge in [0.1, 0.15) is 0 Å². The summed E-state index contributed by atoms with van der Waals surface area (Å²) in [6.07, 6.45) is 1.74. The molecule has 0 saturated carbocycles. The molecule has 1 aliphatic rings. The minimum atomic E-state index is -0.0270. The molecule has 18 heavy (non-hydrogen) atoms. The lowest BCUT2D eigenvalue weighted by molar-refractivity contribution is -0.115. The van der Waals surface area contributed by atoms with Crippen LogP contribution in [0.2, 0.25) is 0 Å². The number of fused-ring (bicyclic) bond motifs is 1. The van der Waals surface area contributed by atoms with E-state index in [1.165, 1.54) is 0 Å². The fourth-order valence-corrected chi connectivity index (χ4v) is 2.72. The lowest BCUT2D eigenvalue weighted by Crippen LogP contribution is -2.26. The van der Waals surface area contributed by atoms with Gasteiger partial charge in [0, 0.05) is 23.7 Å². The molecule has 0 aromatic heterocycles. The molecule has 0 aliphatic carbocycles. The molecule has 0 spiro atoms. The molecule has 1 unspecified atom stereocenters. The van der Waals surface area contributed by atoms with Crippen LogP contribution >= 0.6 is 11.8 Å². The first-order valence-corrected chi connectivity index (χ1v) is 7.05. The van der Waals surface area contributed by atoms with E-state index >= 15 is 0 Å². The highest BCUT2D eigenvalue weighted by Gasteiger charge is 2.22. The number of amides is 1. The molecule has 1 aromatic rings. The Morgan fingerprint density at radius 2 is 2.28 bits per heavy atom. The van der Waals surface area contributed by atoms with E-state index in [0.717, 1.165) is 35.7 Å². The fraction of sp³-hybridized carbons (Fsp3) is 0.462. The zero-order chi connectivity index (χ0) is 13.0. The Hall–Kier alpha value is -1.20. The molecule has 1 amide bonds. The van der Waals surface area contributed by atoms with Crippen LogP contribution in [0.4, 0.5) is 11.4 Å². The minimum absolute atomic E-state index is 0.0270. The zero-order valence-electron chi connectivity index (χ0n) is 10.4. The van der Waals surface area contributed by atoms with E-state index in [1.807, 2.05) is 25.1 Å². The summed E-state index contributed by atoms with van der Waals surface area (Å²) in [7, 11) is 0. The molecule has 1 heterocycles. The van der Waals surface area contributed by atoms with E-state index in [4.69, 9.17) is 5.11 Å². The summed E-state index contributed by atoms with van der Waals surface area (Å²) >= 11 is 1.59. The number of aliphatic hydroxyl groups excluding tert-OH is 1. The molecule has 1 atom stereocenters. The van der Waals surface area contributed by atoms with Crippen LogP contribution in [0.25, 0.3) is 0 Å². The molecule has 3 N–H and O–H groups in total. The number of anilines is 2. The Balaban J connectivity index is 1.99. The predicted octanol–water partition coefficient (Wildman–Crippen LogP) is 2.30. The summed E-state index contributed by atoms with van der Waals surface area (Å²) in [4.78, 5) is 12.7. The van der Waals surface area contributed by atoms with Crippen molar-refractivity contribution in [3.8, 4) is 0 Å². The first kappa shape index (κ1) is 13.2. The summed E-state index contributed by atoms with van der Waals surface area (Å²) in [5.74, 6) is 0.0601. The first-order chi connectivity index (χ1) is 8.70. The third kappa shape index (κ3) is 3.17. The van der Waals surface area contributed by atoms with E-state index in [1.54, 1.807) is 11.8 Å². The van der Waals surface area contributed by atoms with Gasteiger partial charge in [-0.1, -0.05) is 0 Å². The van der Waals surface area contributed by atoms with Crippen LogP contribution in [0.1, 0.15) is 19.8 Å². The van der Waals surface area contributed by atoms with Crippen molar-refractivity contribution >= 4 is 29.0 Å². The van der Waals surface area contributed by atoms with Crippen LogP contribution in [0.15, 0.2) is 23.1 Å². The lowest BCUT2D eigenvalue weighted by atomic mass is 10.2. The Morgan fingerprint density at radius 3 is 3.06 bits per heavy atom. The highest BCUT2D eigenvalue weighted by Crippen LogP contribution is 2.36. The van der Waals surface area contributed by atoms with Gasteiger partial charge in [-0.3, -0.25) is 4.79 Å². The second-order valence-electron chi connectivity index (χ2n) is 4.32. The van der Waals surface area contributed by atoms with Gasteiger partial charge in [-0.15, -0.1) is 11.8 Å². The second kappa shape index (κ2) is 6.11. The maximum absolute atomic E-state index is 11.6. The van der Waals surface area contributed by atoms with Crippen molar-refractivity contribution in [3.05, 3.63) is 18.2 Å². The quantitative estimate of drug-likeness (QED) is 0.716. The Kier molecular flexibility index (Phi) is 4.49. The maximum atomic E-state index is 11.6. The van der Waals surface area contributed by atoms with Crippen LogP contribution in [0.3, 0.4) is 0 Å². The van der Waals surface area contributed by atoms with Crippen molar-refractivity contribution < 1.29 is 9.90 Å². The van der Waals surface area contributed by atoms with Gasteiger partial charge in [0.05, 0.1) is 10.9 Å². The van der Waals surface area contributed by atoms with Gasteiger partial charge in [0.15, 0.2) is 0 Å². The number of unbranched alkanes of at least 4 members (excludes halogenated alkanes) is 1. The number of carbonyl (C=O) groups excluding carboxylic acids is 1. The normalized spacial score (nSPS) is 18.1. The summed E-state index contributed by atoms with van der Waals surface area (Å²) in [6.45, 7) is 2.97. The first-order valence-electron chi connectivity index (χ1n) is 6.17. The molecule has 4 nitrogen and oxygen atoms in total. The third-order valence-corrected chi connectivity index (χ3v) is 4.00. The molecule has 1 aromatic carbocycles. The van der Waals surface area contributed by atoms with E-state index < -0.39 is 0 Å². The van der Waals surface area contributed by atoms with Gasteiger partial charge in [-0.25, -0.2) is 0 Å². The maximum Gasteiger partial charge on any atom is 0.237 e. The standard InChI is InChI=1S/C13H18N2O2S/c1-9-13(17)15-11-8-10(4-5-12(11)18-9)14-6-2-3-7-16/h4-5,8-9,14,16H,2-3,6-7H2,1H3,(H,15,17). The van der Waals surface area contributed by atoms with Crippen molar-refractivity contribution in [3.63, 3.8) is 0 Å². The molecular formula is C13H18N2O2S. The lowest BCUT2D eigenvalue weighted by Gasteiger charge is -2.22. The van der Waals surface area contributed by atoms with E-state index in [0.29, 0.717) is 0 Å². The predicted molar refractivity (Wildman–Crippen MR) is 75.2 cm³/mol. The van der Waals surface area contributed by atoms with Crippen molar-refractivity contribution in [2.45, 2.75) is 29.9 Å². The zero-order valence-corrected chi connectivity index (χ0v) is 11.2. The third-order valence-electron chi connectivity index (χ3n) is 2.82. The van der Waals surface area contributed by atoms with Gasteiger partial charge in [0.2, 0.25) is 5.91 Å². The largest absolute Gasteiger partial charge is 0.396 e. The average Bonchev–Trinajstić information content (AvgIpc) is 2.36.